The molecule has 0 unspecified atom stereocenters. The number of rotatable bonds is 8. The second-order valence-electron chi connectivity index (χ2n) is 7.04. The summed E-state index contributed by atoms with van der Waals surface area (Å²) in [5.74, 6) is 0. The maximum absolute atomic E-state index is 4.81. The molecular weight excluding hydrogens is 564 g/mol. The van der Waals surface area contributed by atoms with E-state index in [9.17, 15) is 0 Å². The Morgan fingerprint density at radius 1 is 0.438 bits per heavy atom. The molecule has 0 aliphatic rings. The molecule has 4 aromatic rings. The van der Waals surface area contributed by atoms with Gasteiger partial charge >= 0.3 is 35.0 Å². The molecule has 0 amide bonds. The summed E-state index contributed by atoms with van der Waals surface area (Å²) in [6, 6.07) is 44.3. The van der Waals surface area contributed by atoms with E-state index in [0.717, 1.165) is 0 Å². The Bertz CT molecular complexity index is 841. The van der Waals surface area contributed by atoms with E-state index in [1.54, 1.807) is 0 Å². The van der Waals surface area contributed by atoms with Crippen molar-refractivity contribution < 1.29 is 15.9 Å². The third-order valence-electron chi connectivity index (χ3n) is 5.03. The number of halogens is 2. The Morgan fingerprint density at radius 3 is 0.875 bits per heavy atom. The molecule has 0 nitrogen and oxygen atoms in total. The van der Waals surface area contributed by atoms with Gasteiger partial charge in [0.25, 0.3) is 0 Å². The Balaban J connectivity index is 0.000000913. The average molecular weight is 590 g/mol. The van der Waals surface area contributed by atoms with E-state index in [1.807, 2.05) is 0 Å². The largest absolute Gasteiger partial charge is 0.0622 e. The molecule has 0 N–H and O–H groups in total. The minimum absolute atomic E-state index is 0.106. The van der Waals surface area contributed by atoms with Crippen LogP contribution in [0.25, 0.3) is 0 Å². The molecule has 4 rings (SSSR count). The quantitative estimate of drug-likeness (QED) is 0.153. The van der Waals surface area contributed by atoms with Crippen LogP contribution >= 0.6 is 34.9 Å². The summed E-state index contributed by atoms with van der Waals surface area (Å²) in [4.78, 5) is 0. The van der Waals surface area contributed by atoms with Crippen LogP contribution in [-0.2, 0) is 15.9 Å². The second-order valence-corrected chi connectivity index (χ2v) is 14.1. The first kappa shape index (κ1) is 25.6. The summed E-state index contributed by atoms with van der Waals surface area (Å²) in [5, 5.41) is 5.94. The van der Waals surface area contributed by atoms with Gasteiger partial charge in [0.1, 0.15) is 0 Å². The minimum atomic E-state index is -0.309. The SMILES string of the molecule is [Cl][Pd][Cl].c1ccc(P(CCCP(c2ccccc2)c2ccccc2)c2ccccc2)cc1. The topological polar surface area (TPSA) is 0 Å². The van der Waals surface area contributed by atoms with E-state index in [1.165, 1.54) is 40.0 Å². The molecule has 0 saturated carbocycles. The standard InChI is InChI=1S/C27H26P2.2ClH.Pd/c1-5-14-24(15-6-1)28(25-16-7-2-8-17-25)22-13-23-29(26-18-9-3-10-19-26)27-20-11-4-12-21-27;;;/h1-12,14-21H,13,22-23H2;2*1H;/q;;;+2/p-2. The van der Waals surface area contributed by atoms with Crippen molar-refractivity contribution >= 4 is 56.1 Å². The van der Waals surface area contributed by atoms with Gasteiger partial charge in [-0.2, -0.15) is 0 Å². The maximum atomic E-state index is 4.81. The summed E-state index contributed by atoms with van der Waals surface area (Å²) >= 11 is -0.106. The summed E-state index contributed by atoms with van der Waals surface area (Å²) in [5.41, 5.74) is 0. The van der Waals surface area contributed by atoms with Gasteiger partial charge in [0.2, 0.25) is 0 Å². The average Bonchev–Trinajstić information content (AvgIpc) is 2.87. The van der Waals surface area contributed by atoms with Crippen molar-refractivity contribution in [3.05, 3.63) is 121 Å². The van der Waals surface area contributed by atoms with Crippen LogP contribution in [0.3, 0.4) is 0 Å². The zero-order valence-corrected chi connectivity index (χ0v) is 22.5. The van der Waals surface area contributed by atoms with Crippen molar-refractivity contribution in [2.24, 2.45) is 0 Å². The molecule has 32 heavy (non-hydrogen) atoms. The van der Waals surface area contributed by atoms with E-state index >= 15 is 0 Å². The third kappa shape index (κ3) is 8.08. The molecule has 0 aliphatic carbocycles. The summed E-state index contributed by atoms with van der Waals surface area (Å²) in [6.07, 6.45) is 3.72. The molecule has 0 bridgehead atoms. The van der Waals surface area contributed by atoms with Gasteiger partial charge < -0.3 is 0 Å². The summed E-state index contributed by atoms with van der Waals surface area (Å²) in [7, 11) is 9.01. The summed E-state index contributed by atoms with van der Waals surface area (Å²) < 4.78 is 0. The first-order chi connectivity index (χ1) is 15.8. The molecule has 4 aromatic carbocycles. The van der Waals surface area contributed by atoms with Crippen molar-refractivity contribution in [1.82, 2.24) is 0 Å². The molecule has 0 radical (unpaired) electrons. The Labute approximate surface area is 211 Å². The van der Waals surface area contributed by atoms with E-state index in [0.29, 0.717) is 0 Å². The van der Waals surface area contributed by atoms with Crippen molar-refractivity contribution in [1.29, 1.82) is 0 Å². The molecule has 168 valence electrons. The van der Waals surface area contributed by atoms with Gasteiger partial charge in [-0.15, -0.1) is 0 Å². The first-order valence-corrected chi connectivity index (χ1v) is 17.5. The van der Waals surface area contributed by atoms with Crippen molar-refractivity contribution in [2.45, 2.75) is 6.42 Å². The van der Waals surface area contributed by atoms with Crippen LogP contribution in [0.4, 0.5) is 0 Å². The zero-order chi connectivity index (χ0) is 22.4. The summed E-state index contributed by atoms with van der Waals surface area (Å²) in [6.45, 7) is 0. The fraction of sp³-hybridized carbons (Fsp3) is 0.111. The van der Waals surface area contributed by atoms with Crippen molar-refractivity contribution in [3.63, 3.8) is 0 Å². The maximum Gasteiger partial charge on any atom is -0.0195 e. The van der Waals surface area contributed by atoms with Gasteiger partial charge in [-0.1, -0.05) is 121 Å². The zero-order valence-electron chi connectivity index (χ0n) is 17.6. The smallest absolute Gasteiger partial charge is 0.0195 e. The molecule has 0 saturated heterocycles. The molecule has 5 heteroatoms. The van der Waals surface area contributed by atoms with Gasteiger partial charge in [-0.3, -0.25) is 0 Å². The molecule has 0 fully saturated rings. The molecular formula is C27H26Cl2P2Pd. The van der Waals surface area contributed by atoms with E-state index in [2.05, 4.69) is 121 Å². The third-order valence-corrected chi connectivity index (χ3v) is 10.2. The van der Waals surface area contributed by atoms with Gasteiger partial charge in [-0.25, -0.2) is 0 Å². The Kier molecular flexibility index (Phi) is 12.0. The van der Waals surface area contributed by atoms with Crippen LogP contribution in [-0.4, -0.2) is 12.3 Å². The second kappa shape index (κ2) is 15.0. The molecule has 0 spiro atoms. The predicted molar refractivity (Wildman–Crippen MR) is 144 cm³/mol. The van der Waals surface area contributed by atoms with E-state index in [-0.39, 0.29) is 31.8 Å². The van der Waals surface area contributed by atoms with E-state index in [4.69, 9.17) is 19.1 Å². The molecule has 0 atom stereocenters. The Hall–Kier alpha value is -1.02. The monoisotopic (exact) mass is 588 g/mol. The van der Waals surface area contributed by atoms with Gasteiger partial charge in [0, 0.05) is 0 Å². The van der Waals surface area contributed by atoms with Crippen LogP contribution < -0.4 is 21.2 Å². The first-order valence-electron chi connectivity index (χ1n) is 10.4. The van der Waals surface area contributed by atoms with Crippen LogP contribution in [0, 0.1) is 0 Å². The minimum Gasteiger partial charge on any atom is -0.0622 e. The molecule has 0 aliphatic heterocycles. The fourth-order valence-corrected chi connectivity index (χ4v) is 8.59. The van der Waals surface area contributed by atoms with E-state index < -0.39 is 0 Å². The Morgan fingerprint density at radius 2 is 0.656 bits per heavy atom. The van der Waals surface area contributed by atoms with Crippen LogP contribution in [0.15, 0.2) is 121 Å². The fourth-order valence-electron chi connectivity index (χ4n) is 3.63. The van der Waals surface area contributed by atoms with Crippen LogP contribution in [0.5, 0.6) is 0 Å². The number of hydrogen-bond donors (Lipinski definition) is 0. The molecule has 0 aromatic heterocycles. The van der Waals surface area contributed by atoms with Crippen LogP contribution in [0.1, 0.15) is 6.42 Å². The predicted octanol–water partition coefficient (Wildman–Crippen LogP) is 7.02. The number of benzene rings is 4. The number of hydrogen-bond acceptors (Lipinski definition) is 0. The molecule has 0 heterocycles. The van der Waals surface area contributed by atoms with Crippen LogP contribution in [0.2, 0.25) is 0 Å². The van der Waals surface area contributed by atoms with Gasteiger partial charge in [0.15, 0.2) is 0 Å². The van der Waals surface area contributed by atoms with Crippen molar-refractivity contribution in [2.75, 3.05) is 12.3 Å². The van der Waals surface area contributed by atoms with Gasteiger partial charge in [0.05, 0.1) is 0 Å². The normalized spacial score (nSPS) is 10.8. The van der Waals surface area contributed by atoms with Crippen molar-refractivity contribution in [3.8, 4) is 0 Å². The van der Waals surface area contributed by atoms with Gasteiger partial charge in [-0.05, 0) is 55.8 Å².